The van der Waals surface area contributed by atoms with Gasteiger partial charge in [-0.2, -0.15) is 0 Å². The highest BCUT2D eigenvalue weighted by Gasteiger charge is 2.50. The van der Waals surface area contributed by atoms with Crippen molar-refractivity contribution in [2.75, 3.05) is 18.5 Å². The fourth-order valence-electron chi connectivity index (χ4n) is 3.28. The fraction of sp³-hybridized carbons (Fsp3) is 0.316. The van der Waals surface area contributed by atoms with Crippen LogP contribution in [0.2, 0.25) is 10.0 Å². The number of aliphatic hydroxyl groups excluding tert-OH is 2. The summed E-state index contributed by atoms with van der Waals surface area (Å²) in [6.07, 6.45) is 0.295. The molecule has 0 aromatic heterocycles. The maximum atomic E-state index is 13.1. The highest BCUT2D eigenvalue weighted by molar-refractivity contribution is 6.31. The zero-order valence-electron chi connectivity index (χ0n) is 14.2. The Morgan fingerprint density at radius 2 is 1.81 bits per heavy atom. The molecule has 1 amide bonds. The lowest BCUT2D eigenvalue weighted by Gasteiger charge is -2.38. The minimum absolute atomic E-state index is 0.275. The van der Waals surface area contributed by atoms with Gasteiger partial charge in [0.05, 0.1) is 18.8 Å². The Morgan fingerprint density at radius 3 is 2.46 bits per heavy atom. The number of fused-ring (bicyclic) bond motifs is 1. The zero-order chi connectivity index (χ0) is 18.9. The summed E-state index contributed by atoms with van der Waals surface area (Å²) in [5.74, 6) is -0.275. The number of carbonyl (C=O) groups excluding carboxylic acids is 1. The van der Waals surface area contributed by atoms with E-state index >= 15 is 0 Å². The zero-order valence-corrected chi connectivity index (χ0v) is 15.7. The topological polar surface area (TPSA) is 81.6 Å². The molecule has 0 aliphatic carbocycles. The van der Waals surface area contributed by atoms with E-state index < -0.39 is 11.1 Å². The van der Waals surface area contributed by atoms with Gasteiger partial charge in [-0.3, -0.25) is 10.1 Å². The van der Waals surface area contributed by atoms with Crippen molar-refractivity contribution in [3.8, 4) is 0 Å². The number of amides is 1. The number of aliphatic hydroxyl groups is 2. The summed E-state index contributed by atoms with van der Waals surface area (Å²) in [5.41, 5.74) is -0.0708. The Balaban J connectivity index is 2.13. The number of halogens is 2. The minimum Gasteiger partial charge on any atom is -0.394 e. The van der Waals surface area contributed by atoms with Crippen molar-refractivity contribution in [1.82, 2.24) is 5.32 Å². The quantitative estimate of drug-likeness (QED) is 0.606. The van der Waals surface area contributed by atoms with Gasteiger partial charge in [0.15, 0.2) is 0 Å². The Labute approximate surface area is 161 Å². The van der Waals surface area contributed by atoms with Crippen LogP contribution in [0, 0.1) is 0 Å². The Morgan fingerprint density at radius 1 is 1.12 bits per heavy atom. The van der Waals surface area contributed by atoms with Crippen LogP contribution in [0.25, 0.3) is 0 Å². The molecule has 7 heteroatoms. The molecule has 0 saturated heterocycles. The second-order valence-electron chi connectivity index (χ2n) is 6.86. The molecule has 0 bridgehead atoms. The van der Waals surface area contributed by atoms with Crippen LogP contribution in [-0.4, -0.2) is 34.9 Å². The molecule has 0 saturated carbocycles. The first-order valence-electron chi connectivity index (χ1n) is 8.19. The third kappa shape index (κ3) is 3.46. The molecule has 138 valence electrons. The first-order valence-corrected chi connectivity index (χ1v) is 8.94. The van der Waals surface area contributed by atoms with E-state index in [1.54, 1.807) is 37.3 Å². The minimum atomic E-state index is -1.18. The molecule has 1 aliphatic rings. The van der Waals surface area contributed by atoms with Crippen molar-refractivity contribution < 1.29 is 15.0 Å². The van der Waals surface area contributed by atoms with Crippen molar-refractivity contribution >= 4 is 34.8 Å². The summed E-state index contributed by atoms with van der Waals surface area (Å²) in [4.78, 5) is 13.1. The molecule has 26 heavy (non-hydrogen) atoms. The third-order valence-corrected chi connectivity index (χ3v) is 5.12. The van der Waals surface area contributed by atoms with Crippen LogP contribution in [-0.2, 0) is 16.8 Å². The normalized spacial score (nSPS) is 19.3. The molecule has 2 aromatic rings. The molecule has 4 N–H and O–H groups in total. The molecule has 0 fully saturated rings. The lowest BCUT2D eigenvalue weighted by molar-refractivity contribution is -0.123. The van der Waals surface area contributed by atoms with Crippen molar-refractivity contribution in [2.24, 2.45) is 0 Å². The SMILES string of the molecule is CC(CO)(CO)NC1(Cc2cccc(Cl)c2)C(=O)Nc2cc(Cl)ccc21. The molecule has 0 spiro atoms. The van der Waals surface area contributed by atoms with Gasteiger partial charge in [-0.05, 0) is 36.8 Å². The van der Waals surface area contributed by atoms with Gasteiger partial charge < -0.3 is 15.5 Å². The molecular formula is C19H20Cl2N2O3. The van der Waals surface area contributed by atoms with E-state index in [1.165, 1.54) is 0 Å². The van der Waals surface area contributed by atoms with Crippen LogP contribution >= 0.6 is 23.2 Å². The van der Waals surface area contributed by atoms with E-state index in [0.29, 0.717) is 27.7 Å². The fourth-order valence-corrected chi connectivity index (χ4v) is 3.67. The Bertz CT molecular complexity index is 839. The summed E-state index contributed by atoms with van der Waals surface area (Å²) < 4.78 is 0. The molecule has 1 atom stereocenters. The van der Waals surface area contributed by atoms with Crippen LogP contribution in [0.3, 0.4) is 0 Å². The summed E-state index contributed by atoms with van der Waals surface area (Å²) in [6.45, 7) is 0.988. The summed E-state index contributed by atoms with van der Waals surface area (Å²) in [5, 5.41) is 26.6. The van der Waals surface area contributed by atoms with E-state index in [-0.39, 0.29) is 19.1 Å². The van der Waals surface area contributed by atoms with E-state index in [2.05, 4.69) is 10.6 Å². The maximum absolute atomic E-state index is 13.1. The number of anilines is 1. The molecule has 2 aromatic carbocycles. The van der Waals surface area contributed by atoms with Gasteiger partial charge in [-0.25, -0.2) is 0 Å². The maximum Gasteiger partial charge on any atom is 0.249 e. The molecule has 0 radical (unpaired) electrons. The molecule has 1 heterocycles. The predicted molar refractivity (Wildman–Crippen MR) is 103 cm³/mol. The van der Waals surface area contributed by atoms with E-state index in [1.807, 2.05) is 12.1 Å². The molecule has 1 unspecified atom stereocenters. The number of hydrogen-bond acceptors (Lipinski definition) is 4. The van der Waals surface area contributed by atoms with Crippen LogP contribution < -0.4 is 10.6 Å². The largest absolute Gasteiger partial charge is 0.394 e. The second kappa shape index (κ2) is 7.18. The predicted octanol–water partition coefficient (Wildman–Crippen LogP) is 2.72. The lowest BCUT2D eigenvalue weighted by atomic mass is 9.82. The van der Waals surface area contributed by atoms with Gasteiger partial charge >= 0.3 is 0 Å². The van der Waals surface area contributed by atoms with Crippen LogP contribution in [0.1, 0.15) is 18.1 Å². The van der Waals surface area contributed by atoms with Crippen molar-refractivity contribution in [2.45, 2.75) is 24.4 Å². The highest BCUT2D eigenvalue weighted by atomic mass is 35.5. The smallest absolute Gasteiger partial charge is 0.249 e. The van der Waals surface area contributed by atoms with Crippen molar-refractivity contribution in [3.63, 3.8) is 0 Å². The van der Waals surface area contributed by atoms with Gasteiger partial charge in [0.25, 0.3) is 0 Å². The summed E-state index contributed by atoms with van der Waals surface area (Å²) in [6, 6.07) is 12.4. The van der Waals surface area contributed by atoms with E-state index in [9.17, 15) is 15.0 Å². The standard InChI is InChI=1S/C19H20Cl2N2O3/c1-18(10-24,11-25)23-19(9-12-3-2-4-13(20)7-12)15-6-5-14(21)8-16(15)22-17(19)26/h2-8,23-25H,9-11H2,1H3,(H,22,26). The highest BCUT2D eigenvalue weighted by Crippen LogP contribution is 2.41. The Hall–Kier alpha value is -1.63. The number of carbonyl (C=O) groups is 1. The van der Waals surface area contributed by atoms with Crippen molar-refractivity contribution in [3.05, 3.63) is 63.6 Å². The van der Waals surface area contributed by atoms with Crippen LogP contribution in [0.4, 0.5) is 5.69 Å². The number of hydrogen-bond donors (Lipinski definition) is 4. The average Bonchev–Trinajstić information content (AvgIpc) is 2.85. The number of nitrogens with one attached hydrogen (secondary N) is 2. The van der Waals surface area contributed by atoms with Crippen LogP contribution in [0.5, 0.6) is 0 Å². The van der Waals surface area contributed by atoms with Gasteiger partial charge in [0.1, 0.15) is 5.54 Å². The molecule has 5 nitrogen and oxygen atoms in total. The molecule has 3 rings (SSSR count). The van der Waals surface area contributed by atoms with Gasteiger partial charge in [-0.15, -0.1) is 0 Å². The molecule has 1 aliphatic heterocycles. The number of benzene rings is 2. The molecular weight excluding hydrogens is 375 g/mol. The first kappa shape index (κ1) is 19.1. The van der Waals surface area contributed by atoms with E-state index in [4.69, 9.17) is 23.2 Å². The van der Waals surface area contributed by atoms with Gasteiger partial charge in [0.2, 0.25) is 5.91 Å². The average molecular weight is 395 g/mol. The Kier molecular flexibility index (Phi) is 5.28. The van der Waals surface area contributed by atoms with Gasteiger partial charge in [0, 0.05) is 27.7 Å². The number of rotatable bonds is 6. The van der Waals surface area contributed by atoms with Crippen LogP contribution in [0.15, 0.2) is 42.5 Å². The lowest BCUT2D eigenvalue weighted by Crippen LogP contribution is -2.62. The monoisotopic (exact) mass is 394 g/mol. The second-order valence-corrected chi connectivity index (χ2v) is 7.73. The van der Waals surface area contributed by atoms with Gasteiger partial charge in [-0.1, -0.05) is 41.4 Å². The summed E-state index contributed by atoms with van der Waals surface area (Å²) in [7, 11) is 0. The van der Waals surface area contributed by atoms with E-state index in [0.717, 1.165) is 5.56 Å². The van der Waals surface area contributed by atoms with Crippen molar-refractivity contribution in [1.29, 1.82) is 0 Å². The third-order valence-electron chi connectivity index (χ3n) is 4.65. The summed E-state index contributed by atoms with van der Waals surface area (Å²) >= 11 is 12.2. The first-order chi connectivity index (χ1) is 12.3.